The molecule has 1 aliphatic carbocycles. The van der Waals surface area contributed by atoms with Crippen LogP contribution in [-0.4, -0.2) is 0 Å². The summed E-state index contributed by atoms with van der Waals surface area (Å²) < 4.78 is 0. The SMILES string of the molecule is CC(C)(C)c1ccccc1-c1ccc2c(c1)-c1ccccc1C2(C)C. The van der Waals surface area contributed by atoms with Crippen molar-refractivity contribution in [3.8, 4) is 22.3 Å². The van der Waals surface area contributed by atoms with E-state index >= 15 is 0 Å². The predicted molar refractivity (Wildman–Crippen MR) is 108 cm³/mol. The van der Waals surface area contributed by atoms with Gasteiger partial charge in [0.2, 0.25) is 0 Å². The second-order valence-corrected chi connectivity index (χ2v) is 8.73. The van der Waals surface area contributed by atoms with Crippen LogP contribution in [0.4, 0.5) is 0 Å². The summed E-state index contributed by atoms with van der Waals surface area (Å²) in [4.78, 5) is 0. The molecule has 0 unspecified atom stereocenters. The van der Waals surface area contributed by atoms with Gasteiger partial charge in [-0.3, -0.25) is 0 Å². The summed E-state index contributed by atoms with van der Waals surface area (Å²) in [6.45, 7) is 11.5. The molecule has 0 amide bonds. The van der Waals surface area contributed by atoms with Crippen molar-refractivity contribution in [3.63, 3.8) is 0 Å². The van der Waals surface area contributed by atoms with Crippen molar-refractivity contribution in [2.45, 2.75) is 45.4 Å². The molecule has 0 saturated carbocycles. The van der Waals surface area contributed by atoms with E-state index in [1.165, 1.54) is 38.9 Å². The van der Waals surface area contributed by atoms with Crippen molar-refractivity contribution in [2.24, 2.45) is 0 Å². The molecule has 4 rings (SSSR count). The molecule has 25 heavy (non-hydrogen) atoms. The number of benzene rings is 3. The van der Waals surface area contributed by atoms with E-state index in [1.807, 2.05) is 0 Å². The normalized spacial score (nSPS) is 14.9. The number of hydrogen-bond donors (Lipinski definition) is 0. The molecule has 1 aliphatic rings. The molecule has 0 aromatic heterocycles. The Hall–Kier alpha value is -2.34. The molecule has 0 bridgehead atoms. The molecule has 0 aliphatic heterocycles. The van der Waals surface area contributed by atoms with Crippen molar-refractivity contribution in [1.29, 1.82) is 0 Å². The van der Waals surface area contributed by atoms with Gasteiger partial charge in [0.1, 0.15) is 0 Å². The maximum atomic E-state index is 2.40. The van der Waals surface area contributed by atoms with Gasteiger partial charge in [-0.15, -0.1) is 0 Å². The Morgan fingerprint density at radius 1 is 0.640 bits per heavy atom. The highest BCUT2D eigenvalue weighted by molar-refractivity contribution is 5.85. The van der Waals surface area contributed by atoms with Gasteiger partial charge >= 0.3 is 0 Å². The molecule has 0 N–H and O–H groups in total. The molecule has 3 aromatic rings. The van der Waals surface area contributed by atoms with E-state index in [4.69, 9.17) is 0 Å². The maximum Gasteiger partial charge on any atom is 0.0158 e. The van der Waals surface area contributed by atoms with Crippen molar-refractivity contribution in [2.75, 3.05) is 0 Å². The van der Waals surface area contributed by atoms with Gasteiger partial charge in [0.15, 0.2) is 0 Å². The largest absolute Gasteiger partial charge is 0.0619 e. The van der Waals surface area contributed by atoms with Gasteiger partial charge in [-0.2, -0.15) is 0 Å². The highest BCUT2D eigenvalue weighted by atomic mass is 14.4. The van der Waals surface area contributed by atoms with Crippen LogP contribution < -0.4 is 0 Å². The molecule has 0 heterocycles. The first kappa shape index (κ1) is 16.1. The first-order valence-electron chi connectivity index (χ1n) is 9.14. The number of hydrogen-bond acceptors (Lipinski definition) is 0. The van der Waals surface area contributed by atoms with Gasteiger partial charge in [-0.05, 0) is 50.4 Å². The Balaban J connectivity index is 1.94. The van der Waals surface area contributed by atoms with Gasteiger partial charge in [0.25, 0.3) is 0 Å². The minimum Gasteiger partial charge on any atom is -0.0619 e. The van der Waals surface area contributed by atoms with Crippen LogP contribution in [-0.2, 0) is 10.8 Å². The molecule has 126 valence electrons. The summed E-state index contributed by atoms with van der Waals surface area (Å²) in [5.41, 5.74) is 9.93. The fourth-order valence-electron chi connectivity index (χ4n) is 4.28. The zero-order chi connectivity index (χ0) is 17.8. The Bertz CT molecular complexity index is 952. The average Bonchev–Trinajstić information content (AvgIpc) is 2.82. The van der Waals surface area contributed by atoms with Gasteiger partial charge in [0, 0.05) is 5.41 Å². The van der Waals surface area contributed by atoms with Gasteiger partial charge < -0.3 is 0 Å². The molecule has 3 aromatic carbocycles. The Labute approximate surface area is 151 Å². The van der Waals surface area contributed by atoms with Crippen LogP contribution in [0.5, 0.6) is 0 Å². The maximum absolute atomic E-state index is 2.40. The average molecular weight is 326 g/mol. The summed E-state index contributed by atoms with van der Waals surface area (Å²) in [5, 5.41) is 0. The minimum absolute atomic E-state index is 0.0774. The Morgan fingerprint density at radius 2 is 1.24 bits per heavy atom. The molecular weight excluding hydrogens is 300 g/mol. The second kappa shape index (κ2) is 5.33. The van der Waals surface area contributed by atoms with Crippen LogP contribution in [0, 0.1) is 0 Å². The van der Waals surface area contributed by atoms with E-state index in [0.29, 0.717) is 0 Å². The van der Waals surface area contributed by atoms with Crippen LogP contribution in [0.2, 0.25) is 0 Å². The zero-order valence-electron chi connectivity index (χ0n) is 15.9. The van der Waals surface area contributed by atoms with Crippen LogP contribution in [0.3, 0.4) is 0 Å². The molecule has 0 heteroatoms. The van der Waals surface area contributed by atoms with E-state index in [2.05, 4.69) is 101 Å². The lowest BCUT2D eigenvalue weighted by molar-refractivity contribution is 0.592. The van der Waals surface area contributed by atoms with Gasteiger partial charge in [-0.25, -0.2) is 0 Å². The van der Waals surface area contributed by atoms with Gasteiger partial charge in [0.05, 0.1) is 0 Å². The molecule has 0 spiro atoms. The molecular formula is C25H26. The first-order valence-corrected chi connectivity index (χ1v) is 9.14. The van der Waals surface area contributed by atoms with Crippen LogP contribution in [0.15, 0.2) is 66.7 Å². The summed E-state index contributed by atoms with van der Waals surface area (Å²) >= 11 is 0. The minimum atomic E-state index is 0.0774. The molecule has 0 saturated heterocycles. The summed E-state index contributed by atoms with van der Waals surface area (Å²) in [6.07, 6.45) is 0. The fourth-order valence-corrected chi connectivity index (χ4v) is 4.28. The van der Waals surface area contributed by atoms with Gasteiger partial charge in [-0.1, -0.05) is 95.3 Å². The molecule has 0 nitrogen and oxygen atoms in total. The third-order valence-electron chi connectivity index (χ3n) is 5.63. The highest BCUT2D eigenvalue weighted by Crippen LogP contribution is 2.49. The van der Waals surface area contributed by atoms with E-state index in [9.17, 15) is 0 Å². The summed E-state index contributed by atoms with van der Waals surface area (Å²) in [5.74, 6) is 0. The predicted octanol–water partition coefficient (Wildman–Crippen LogP) is 6.96. The van der Waals surface area contributed by atoms with Crippen molar-refractivity contribution < 1.29 is 0 Å². The van der Waals surface area contributed by atoms with Crippen molar-refractivity contribution in [3.05, 3.63) is 83.4 Å². The lowest BCUT2D eigenvalue weighted by Gasteiger charge is -2.24. The molecule has 0 radical (unpaired) electrons. The molecule has 0 fully saturated rings. The lowest BCUT2D eigenvalue weighted by atomic mass is 9.80. The Kier molecular flexibility index (Phi) is 3.44. The smallest absolute Gasteiger partial charge is 0.0158 e. The van der Waals surface area contributed by atoms with Crippen LogP contribution >= 0.6 is 0 Å². The third-order valence-corrected chi connectivity index (χ3v) is 5.63. The number of rotatable bonds is 1. The topological polar surface area (TPSA) is 0 Å². The van der Waals surface area contributed by atoms with E-state index < -0.39 is 0 Å². The van der Waals surface area contributed by atoms with E-state index in [1.54, 1.807) is 0 Å². The third kappa shape index (κ3) is 2.43. The van der Waals surface area contributed by atoms with Crippen LogP contribution in [0.25, 0.3) is 22.3 Å². The summed E-state index contributed by atoms with van der Waals surface area (Å²) in [7, 11) is 0. The van der Waals surface area contributed by atoms with Crippen LogP contribution in [0.1, 0.15) is 51.3 Å². The molecule has 0 atom stereocenters. The second-order valence-electron chi connectivity index (χ2n) is 8.73. The number of fused-ring (bicyclic) bond motifs is 3. The van der Waals surface area contributed by atoms with E-state index in [-0.39, 0.29) is 10.8 Å². The highest BCUT2D eigenvalue weighted by Gasteiger charge is 2.35. The monoisotopic (exact) mass is 326 g/mol. The van der Waals surface area contributed by atoms with Crippen molar-refractivity contribution in [1.82, 2.24) is 0 Å². The zero-order valence-corrected chi connectivity index (χ0v) is 15.9. The Morgan fingerprint density at radius 3 is 1.96 bits per heavy atom. The quantitative estimate of drug-likeness (QED) is 0.453. The first-order chi connectivity index (χ1) is 11.8. The van der Waals surface area contributed by atoms with E-state index in [0.717, 1.165) is 0 Å². The van der Waals surface area contributed by atoms with Crippen molar-refractivity contribution >= 4 is 0 Å². The fraction of sp³-hybridized carbons (Fsp3) is 0.280. The lowest BCUT2D eigenvalue weighted by Crippen LogP contribution is -2.15. The summed E-state index contributed by atoms with van der Waals surface area (Å²) in [6, 6.07) is 24.7. The standard InChI is InChI=1S/C25H26/c1-24(2,3)21-12-8-6-10-18(21)17-14-15-23-20(16-17)19-11-7-9-13-22(19)25(23,4)5/h6-16H,1-5H3.